The number of rotatable bonds is 8. The standard InChI is InChI=1S/C24H43N3O4/c1-15(2)19(14-17(5)23(30)31)26(9)22(29)20(24(6,7)8)25-21(28)18-12-10-11-13-27(18)16(3)4/h14-16,18-20H,10-13H2,1-9H3,(H,25,28)(H,30,31)/b17-14+/t18-,19-,20?/m0/s1. The smallest absolute Gasteiger partial charge is 0.331 e. The van der Waals surface area contributed by atoms with Crippen LogP contribution in [0.25, 0.3) is 0 Å². The number of nitrogens with one attached hydrogen (secondary N) is 1. The van der Waals surface area contributed by atoms with Gasteiger partial charge in [0.1, 0.15) is 6.04 Å². The van der Waals surface area contributed by atoms with Gasteiger partial charge in [-0.25, -0.2) is 4.79 Å². The van der Waals surface area contributed by atoms with Gasteiger partial charge in [-0.1, -0.05) is 47.1 Å². The third kappa shape index (κ3) is 7.34. The van der Waals surface area contributed by atoms with Crippen LogP contribution in [0, 0.1) is 11.3 Å². The highest BCUT2D eigenvalue weighted by atomic mass is 16.4. The lowest BCUT2D eigenvalue weighted by atomic mass is 9.84. The first-order valence-electron chi connectivity index (χ1n) is 11.4. The predicted molar refractivity (Wildman–Crippen MR) is 124 cm³/mol. The Hall–Kier alpha value is -1.89. The van der Waals surface area contributed by atoms with E-state index in [4.69, 9.17) is 0 Å². The fourth-order valence-corrected chi connectivity index (χ4v) is 4.17. The molecule has 1 rings (SSSR count). The maximum atomic E-state index is 13.5. The molecule has 0 saturated carbocycles. The van der Waals surface area contributed by atoms with E-state index in [1.807, 2.05) is 34.6 Å². The van der Waals surface area contributed by atoms with Crippen molar-refractivity contribution in [1.82, 2.24) is 15.1 Å². The van der Waals surface area contributed by atoms with Crippen LogP contribution in [0.15, 0.2) is 11.6 Å². The van der Waals surface area contributed by atoms with Gasteiger partial charge in [-0.15, -0.1) is 0 Å². The molecule has 1 saturated heterocycles. The van der Waals surface area contributed by atoms with Crippen LogP contribution >= 0.6 is 0 Å². The fourth-order valence-electron chi connectivity index (χ4n) is 4.17. The highest BCUT2D eigenvalue weighted by Crippen LogP contribution is 2.25. The van der Waals surface area contributed by atoms with Crippen LogP contribution in [0.1, 0.15) is 74.7 Å². The molecule has 0 aliphatic carbocycles. The van der Waals surface area contributed by atoms with Crippen LogP contribution in [0.3, 0.4) is 0 Å². The molecule has 0 spiro atoms. The fraction of sp³-hybridized carbons (Fsp3) is 0.792. The Bertz CT molecular complexity index is 679. The molecule has 1 aliphatic rings. The van der Waals surface area contributed by atoms with Gasteiger partial charge < -0.3 is 15.3 Å². The van der Waals surface area contributed by atoms with Gasteiger partial charge in [0.15, 0.2) is 0 Å². The Kier molecular flexibility index (Phi) is 9.73. The third-order valence-electron chi connectivity index (χ3n) is 6.15. The maximum absolute atomic E-state index is 13.5. The Morgan fingerprint density at radius 1 is 1.13 bits per heavy atom. The van der Waals surface area contributed by atoms with Crippen molar-refractivity contribution in [3.05, 3.63) is 11.6 Å². The minimum atomic E-state index is -1.00. The first kappa shape index (κ1) is 27.1. The van der Waals surface area contributed by atoms with Crippen molar-refractivity contribution in [2.24, 2.45) is 11.3 Å². The van der Waals surface area contributed by atoms with Gasteiger partial charge in [0, 0.05) is 18.7 Å². The molecule has 0 aromatic heterocycles. The van der Waals surface area contributed by atoms with Gasteiger partial charge in [0.2, 0.25) is 11.8 Å². The number of aliphatic carboxylic acids is 1. The van der Waals surface area contributed by atoms with E-state index in [0.29, 0.717) is 0 Å². The van der Waals surface area contributed by atoms with Gasteiger partial charge in [-0.3, -0.25) is 14.5 Å². The molecule has 3 atom stereocenters. The average molecular weight is 438 g/mol. The second-order valence-electron chi connectivity index (χ2n) is 10.5. The molecular formula is C24H43N3O4. The Morgan fingerprint density at radius 2 is 1.71 bits per heavy atom. The van der Waals surface area contributed by atoms with Gasteiger partial charge in [-0.05, 0) is 51.5 Å². The van der Waals surface area contributed by atoms with Gasteiger partial charge >= 0.3 is 5.97 Å². The zero-order valence-electron chi connectivity index (χ0n) is 20.9. The van der Waals surface area contributed by atoms with Crippen molar-refractivity contribution in [2.75, 3.05) is 13.6 Å². The number of carbonyl (C=O) groups is 3. The first-order chi connectivity index (χ1) is 14.2. The minimum absolute atomic E-state index is 0.0225. The molecule has 1 aliphatic heterocycles. The second kappa shape index (κ2) is 11.1. The van der Waals surface area contributed by atoms with Crippen molar-refractivity contribution in [2.45, 2.75) is 98.8 Å². The molecule has 0 radical (unpaired) electrons. The molecule has 1 fully saturated rings. The summed E-state index contributed by atoms with van der Waals surface area (Å²) in [6.45, 7) is 16.3. The highest BCUT2D eigenvalue weighted by molar-refractivity contribution is 5.91. The van der Waals surface area contributed by atoms with Crippen LogP contribution in [-0.2, 0) is 14.4 Å². The molecule has 0 aromatic rings. The molecule has 2 N–H and O–H groups in total. The van der Waals surface area contributed by atoms with E-state index in [-0.39, 0.29) is 41.4 Å². The van der Waals surface area contributed by atoms with Crippen molar-refractivity contribution in [1.29, 1.82) is 0 Å². The third-order valence-corrected chi connectivity index (χ3v) is 6.15. The molecule has 1 unspecified atom stereocenters. The van der Waals surface area contributed by atoms with E-state index in [1.165, 1.54) is 6.92 Å². The van der Waals surface area contributed by atoms with E-state index in [2.05, 4.69) is 24.1 Å². The summed E-state index contributed by atoms with van der Waals surface area (Å²) in [4.78, 5) is 41.9. The highest BCUT2D eigenvalue weighted by Gasteiger charge is 2.39. The van der Waals surface area contributed by atoms with E-state index in [0.717, 1.165) is 25.8 Å². The lowest BCUT2D eigenvalue weighted by Gasteiger charge is -2.41. The minimum Gasteiger partial charge on any atom is -0.478 e. The number of carbonyl (C=O) groups excluding carboxylic acids is 2. The van der Waals surface area contributed by atoms with Crippen molar-refractivity contribution >= 4 is 17.8 Å². The Balaban J connectivity index is 3.15. The molecule has 178 valence electrons. The molecule has 7 heteroatoms. The summed E-state index contributed by atoms with van der Waals surface area (Å²) in [5, 5.41) is 12.3. The van der Waals surface area contributed by atoms with Crippen molar-refractivity contribution < 1.29 is 19.5 Å². The SMILES string of the molecule is C/C(=C\[C@@H](C(C)C)N(C)C(=O)C(NC(=O)[C@@H]1CCCCN1C(C)C)C(C)(C)C)C(=O)O. The van der Waals surface area contributed by atoms with Crippen LogP contribution in [-0.4, -0.2) is 70.4 Å². The van der Waals surface area contributed by atoms with Crippen LogP contribution in [0.5, 0.6) is 0 Å². The molecule has 0 aromatic carbocycles. The van der Waals surface area contributed by atoms with Crippen LogP contribution in [0.2, 0.25) is 0 Å². The quantitative estimate of drug-likeness (QED) is 0.569. The monoisotopic (exact) mass is 437 g/mol. The van der Waals surface area contributed by atoms with Crippen molar-refractivity contribution in [3.8, 4) is 0 Å². The van der Waals surface area contributed by atoms with E-state index < -0.39 is 17.4 Å². The van der Waals surface area contributed by atoms with Gasteiger partial charge in [-0.2, -0.15) is 0 Å². The number of likely N-dealkylation sites (N-methyl/N-ethyl adjacent to an activating group) is 1. The number of nitrogens with zero attached hydrogens (tertiary/aromatic N) is 2. The molecule has 0 bridgehead atoms. The molecule has 2 amide bonds. The number of carboxylic acid groups (broad SMARTS) is 1. The maximum Gasteiger partial charge on any atom is 0.331 e. The first-order valence-corrected chi connectivity index (χ1v) is 11.4. The number of likely N-dealkylation sites (tertiary alicyclic amines) is 1. The molecule has 1 heterocycles. The zero-order valence-corrected chi connectivity index (χ0v) is 20.9. The zero-order chi connectivity index (χ0) is 24.1. The molecule has 31 heavy (non-hydrogen) atoms. The molecule has 7 nitrogen and oxygen atoms in total. The summed E-state index contributed by atoms with van der Waals surface area (Å²) in [6, 6.07) is -1.06. The Labute approximate surface area is 188 Å². The van der Waals surface area contributed by atoms with Crippen LogP contribution < -0.4 is 5.32 Å². The van der Waals surface area contributed by atoms with Gasteiger partial charge in [0.25, 0.3) is 0 Å². The van der Waals surface area contributed by atoms with Crippen LogP contribution in [0.4, 0.5) is 0 Å². The van der Waals surface area contributed by atoms with E-state index in [1.54, 1.807) is 18.0 Å². The Morgan fingerprint density at radius 3 is 2.16 bits per heavy atom. The summed E-state index contributed by atoms with van der Waals surface area (Å²) < 4.78 is 0. The summed E-state index contributed by atoms with van der Waals surface area (Å²) in [5.74, 6) is -1.29. The topological polar surface area (TPSA) is 90.0 Å². The number of hydrogen-bond donors (Lipinski definition) is 2. The summed E-state index contributed by atoms with van der Waals surface area (Å²) in [5.41, 5.74) is -0.296. The van der Waals surface area contributed by atoms with E-state index >= 15 is 0 Å². The number of amides is 2. The van der Waals surface area contributed by atoms with Gasteiger partial charge in [0.05, 0.1) is 12.1 Å². The number of piperidine rings is 1. The van der Waals surface area contributed by atoms with Crippen molar-refractivity contribution in [3.63, 3.8) is 0 Å². The average Bonchev–Trinajstić information content (AvgIpc) is 2.67. The summed E-state index contributed by atoms with van der Waals surface area (Å²) in [6.07, 6.45) is 4.50. The number of carboxylic acids is 1. The predicted octanol–water partition coefficient (Wildman–Crippen LogP) is 3.29. The second-order valence-corrected chi connectivity index (χ2v) is 10.5. The summed E-state index contributed by atoms with van der Waals surface area (Å²) >= 11 is 0. The largest absolute Gasteiger partial charge is 0.478 e. The van der Waals surface area contributed by atoms with E-state index in [9.17, 15) is 19.5 Å². The lowest BCUT2D eigenvalue weighted by Crippen LogP contribution is -2.60. The normalized spacial score (nSPS) is 20.5. The molecular weight excluding hydrogens is 394 g/mol. The summed E-state index contributed by atoms with van der Waals surface area (Å²) in [7, 11) is 1.69. The lowest BCUT2D eigenvalue weighted by molar-refractivity contribution is -0.142. The number of hydrogen-bond acceptors (Lipinski definition) is 4.